The lowest BCUT2D eigenvalue weighted by Crippen LogP contribution is -1.91. The summed E-state index contributed by atoms with van der Waals surface area (Å²) in [4.78, 5) is 10.7. The molecule has 2 rings (SSSR count). The molecule has 0 aliphatic carbocycles. The highest BCUT2D eigenvalue weighted by molar-refractivity contribution is 5.88. The van der Waals surface area contributed by atoms with Gasteiger partial charge in [-0.2, -0.15) is 0 Å². The summed E-state index contributed by atoms with van der Waals surface area (Å²) in [7, 11) is 0. The Morgan fingerprint density at radius 2 is 2.13 bits per heavy atom. The second-order valence-corrected chi connectivity index (χ2v) is 3.37. The average molecular weight is 202 g/mol. The average Bonchev–Trinajstić information content (AvgIpc) is 2.66. The first kappa shape index (κ1) is 9.52. The van der Waals surface area contributed by atoms with Crippen molar-refractivity contribution in [2.24, 2.45) is 0 Å². The van der Waals surface area contributed by atoms with Crippen molar-refractivity contribution in [1.82, 2.24) is 0 Å². The first-order chi connectivity index (χ1) is 7.16. The zero-order valence-electron chi connectivity index (χ0n) is 8.23. The highest BCUT2D eigenvalue weighted by atomic mass is 16.4. The highest BCUT2D eigenvalue weighted by Crippen LogP contribution is 2.22. The summed E-state index contributed by atoms with van der Waals surface area (Å²) in [6, 6.07) is 9.25. The minimum Gasteiger partial charge on any atom is -0.478 e. The van der Waals surface area contributed by atoms with Crippen molar-refractivity contribution < 1.29 is 14.3 Å². The Hall–Kier alpha value is -2.03. The number of furan rings is 1. The number of hydrogen-bond acceptors (Lipinski definition) is 2. The molecule has 0 aliphatic heterocycles. The third-order valence-corrected chi connectivity index (χ3v) is 2.15. The quantitative estimate of drug-likeness (QED) is 0.814. The number of benzene rings is 1. The predicted molar refractivity (Wildman–Crippen MR) is 55.8 cm³/mol. The Bertz CT molecular complexity index is 497. The maximum absolute atomic E-state index is 10.7. The van der Waals surface area contributed by atoms with E-state index in [2.05, 4.69) is 0 Å². The number of carboxylic acids is 1. The molecule has 0 saturated carbocycles. The second-order valence-electron chi connectivity index (χ2n) is 3.37. The number of rotatable bonds is 2. The molecule has 0 bridgehead atoms. The van der Waals surface area contributed by atoms with Gasteiger partial charge in [0.25, 0.3) is 0 Å². The van der Waals surface area contributed by atoms with Crippen molar-refractivity contribution in [3.05, 3.63) is 47.7 Å². The summed E-state index contributed by atoms with van der Waals surface area (Å²) in [5.74, 6) is -0.395. The van der Waals surface area contributed by atoms with Gasteiger partial charge in [0.1, 0.15) is 12.0 Å². The molecule has 3 nitrogen and oxygen atoms in total. The van der Waals surface area contributed by atoms with E-state index in [0.29, 0.717) is 5.76 Å². The molecule has 15 heavy (non-hydrogen) atoms. The maximum Gasteiger partial charge on any atom is 0.338 e. The van der Waals surface area contributed by atoms with Crippen LogP contribution >= 0.6 is 0 Å². The zero-order chi connectivity index (χ0) is 10.8. The van der Waals surface area contributed by atoms with Gasteiger partial charge in [-0.3, -0.25) is 0 Å². The van der Waals surface area contributed by atoms with Crippen LogP contribution in [0.15, 0.2) is 41.0 Å². The Morgan fingerprint density at radius 1 is 1.33 bits per heavy atom. The van der Waals surface area contributed by atoms with Crippen LogP contribution in [-0.2, 0) is 0 Å². The first-order valence-electron chi connectivity index (χ1n) is 4.55. The van der Waals surface area contributed by atoms with Gasteiger partial charge in [-0.05, 0) is 19.1 Å². The van der Waals surface area contributed by atoms with Crippen LogP contribution in [0.3, 0.4) is 0 Å². The van der Waals surface area contributed by atoms with Crippen molar-refractivity contribution in [1.29, 1.82) is 0 Å². The molecule has 0 amide bonds. The van der Waals surface area contributed by atoms with Crippen molar-refractivity contribution >= 4 is 5.97 Å². The van der Waals surface area contributed by atoms with E-state index in [1.54, 1.807) is 0 Å². The van der Waals surface area contributed by atoms with Gasteiger partial charge < -0.3 is 9.52 Å². The van der Waals surface area contributed by atoms with Gasteiger partial charge in [0, 0.05) is 5.56 Å². The minimum atomic E-state index is -0.974. The largest absolute Gasteiger partial charge is 0.478 e. The first-order valence-corrected chi connectivity index (χ1v) is 4.55. The lowest BCUT2D eigenvalue weighted by Gasteiger charge is -1.97. The molecule has 0 atom stereocenters. The van der Waals surface area contributed by atoms with Gasteiger partial charge in [-0.15, -0.1) is 0 Å². The molecule has 0 saturated heterocycles. The molecule has 0 unspecified atom stereocenters. The molecule has 76 valence electrons. The molecule has 0 spiro atoms. The fourth-order valence-corrected chi connectivity index (χ4v) is 1.40. The van der Waals surface area contributed by atoms with Crippen LogP contribution in [0.5, 0.6) is 0 Å². The van der Waals surface area contributed by atoms with E-state index in [-0.39, 0.29) is 5.56 Å². The van der Waals surface area contributed by atoms with E-state index < -0.39 is 5.97 Å². The van der Waals surface area contributed by atoms with Crippen LogP contribution < -0.4 is 0 Å². The topological polar surface area (TPSA) is 50.4 Å². The summed E-state index contributed by atoms with van der Waals surface area (Å²) >= 11 is 0. The van der Waals surface area contributed by atoms with E-state index in [1.165, 1.54) is 12.3 Å². The fraction of sp³-hybridized carbons (Fsp3) is 0.0833. The van der Waals surface area contributed by atoms with Gasteiger partial charge in [0.2, 0.25) is 0 Å². The van der Waals surface area contributed by atoms with Crippen LogP contribution in [0.4, 0.5) is 0 Å². The number of hydrogen-bond donors (Lipinski definition) is 1. The number of carboxylic acid groups (broad SMARTS) is 1. The third kappa shape index (κ3) is 1.91. The van der Waals surface area contributed by atoms with Crippen LogP contribution in [0.1, 0.15) is 15.9 Å². The smallest absolute Gasteiger partial charge is 0.338 e. The lowest BCUT2D eigenvalue weighted by molar-refractivity contribution is 0.0696. The number of carbonyl (C=O) groups is 1. The van der Waals surface area contributed by atoms with Gasteiger partial charge in [-0.25, -0.2) is 4.79 Å². The molecule has 0 fully saturated rings. The van der Waals surface area contributed by atoms with Crippen LogP contribution in [0, 0.1) is 6.92 Å². The summed E-state index contributed by atoms with van der Waals surface area (Å²) < 4.78 is 5.19. The fourth-order valence-electron chi connectivity index (χ4n) is 1.40. The van der Waals surface area contributed by atoms with Crippen molar-refractivity contribution in [2.45, 2.75) is 6.92 Å². The molecule has 1 heterocycles. The summed E-state index contributed by atoms with van der Waals surface area (Å²) in [6.45, 7) is 1.98. The Labute approximate surface area is 87.0 Å². The molecule has 1 aromatic heterocycles. The normalized spacial score (nSPS) is 10.2. The molecular weight excluding hydrogens is 192 g/mol. The zero-order valence-corrected chi connectivity index (χ0v) is 8.23. The molecule has 3 heteroatoms. The standard InChI is InChI=1S/C12H10O3/c1-8-3-2-4-9(5-8)11-6-10(7-15-11)12(13)14/h2-7H,1H3,(H,13,14). The van der Waals surface area contributed by atoms with E-state index in [9.17, 15) is 4.79 Å². The molecule has 2 aromatic rings. The Balaban J connectivity index is 2.41. The summed E-state index contributed by atoms with van der Waals surface area (Å²) in [5.41, 5.74) is 2.18. The van der Waals surface area contributed by atoms with Gasteiger partial charge in [0.05, 0.1) is 5.56 Å². The summed E-state index contributed by atoms with van der Waals surface area (Å²) in [6.07, 6.45) is 1.25. The molecule has 0 aliphatic rings. The van der Waals surface area contributed by atoms with E-state index in [4.69, 9.17) is 9.52 Å². The lowest BCUT2D eigenvalue weighted by atomic mass is 10.1. The van der Waals surface area contributed by atoms with Crippen LogP contribution in [0.2, 0.25) is 0 Å². The van der Waals surface area contributed by atoms with Gasteiger partial charge in [0.15, 0.2) is 0 Å². The van der Waals surface area contributed by atoms with Crippen LogP contribution in [0.25, 0.3) is 11.3 Å². The van der Waals surface area contributed by atoms with Crippen molar-refractivity contribution in [3.63, 3.8) is 0 Å². The third-order valence-electron chi connectivity index (χ3n) is 2.15. The predicted octanol–water partition coefficient (Wildman–Crippen LogP) is 2.95. The molecule has 0 radical (unpaired) electrons. The Kier molecular flexibility index (Phi) is 2.29. The van der Waals surface area contributed by atoms with Gasteiger partial charge in [-0.1, -0.05) is 23.8 Å². The van der Waals surface area contributed by atoms with Gasteiger partial charge >= 0.3 is 5.97 Å². The Morgan fingerprint density at radius 3 is 2.73 bits per heavy atom. The van der Waals surface area contributed by atoms with E-state index >= 15 is 0 Å². The van der Waals surface area contributed by atoms with E-state index in [1.807, 2.05) is 31.2 Å². The number of aromatic carboxylic acids is 1. The minimum absolute atomic E-state index is 0.173. The molecule has 1 aromatic carbocycles. The monoisotopic (exact) mass is 202 g/mol. The highest BCUT2D eigenvalue weighted by Gasteiger charge is 2.09. The number of aryl methyl sites for hydroxylation is 1. The second kappa shape index (κ2) is 3.61. The van der Waals surface area contributed by atoms with Crippen molar-refractivity contribution in [3.8, 4) is 11.3 Å². The SMILES string of the molecule is Cc1cccc(-c2cc(C(=O)O)co2)c1. The van der Waals surface area contributed by atoms with E-state index in [0.717, 1.165) is 11.1 Å². The molecular formula is C12H10O3. The van der Waals surface area contributed by atoms with Crippen molar-refractivity contribution in [2.75, 3.05) is 0 Å². The molecule has 1 N–H and O–H groups in total. The summed E-state index contributed by atoms with van der Waals surface area (Å²) in [5, 5.41) is 8.74. The maximum atomic E-state index is 10.7. The van der Waals surface area contributed by atoms with Crippen LogP contribution in [-0.4, -0.2) is 11.1 Å².